The van der Waals surface area contributed by atoms with Gasteiger partial charge >= 0.3 is 5.76 Å². The van der Waals surface area contributed by atoms with Gasteiger partial charge in [0.2, 0.25) is 0 Å². The monoisotopic (exact) mass is 264 g/mol. The van der Waals surface area contributed by atoms with Crippen LogP contribution in [0.3, 0.4) is 0 Å². The Morgan fingerprint density at radius 3 is 2.84 bits per heavy atom. The number of benzene rings is 1. The second-order valence-corrected chi connectivity index (χ2v) is 5.15. The Morgan fingerprint density at radius 1 is 1.53 bits per heavy atom. The summed E-state index contributed by atoms with van der Waals surface area (Å²) in [5.41, 5.74) is 7.91. The van der Waals surface area contributed by atoms with Gasteiger partial charge < -0.3 is 20.0 Å². The van der Waals surface area contributed by atoms with Crippen molar-refractivity contribution in [1.29, 1.82) is 0 Å². The Morgan fingerprint density at radius 2 is 2.26 bits per heavy atom. The largest absolute Gasteiger partial charge is 0.419 e. The van der Waals surface area contributed by atoms with Gasteiger partial charge in [-0.1, -0.05) is 6.07 Å². The molecule has 0 bridgehead atoms. The molecule has 1 aromatic carbocycles. The maximum atomic E-state index is 11.4. The third-order valence-electron chi connectivity index (χ3n) is 3.93. The highest BCUT2D eigenvalue weighted by atomic mass is 16.5. The number of aliphatic hydroxyl groups is 1. The Bertz CT molecular complexity index is 663. The first-order valence-electron chi connectivity index (χ1n) is 6.11. The number of hydrogen-bond donors (Lipinski definition) is 2. The van der Waals surface area contributed by atoms with Gasteiger partial charge in [0.1, 0.15) is 0 Å². The molecule has 3 rings (SSSR count). The van der Waals surface area contributed by atoms with E-state index in [1.54, 1.807) is 13.1 Å². The number of rotatable bonds is 3. The van der Waals surface area contributed by atoms with Crippen LogP contribution in [0.2, 0.25) is 0 Å². The predicted molar refractivity (Wildman–Crippen MR) is 68.7 cm³/mol. The van der Waals surface area contributed by atoms with Crippen LogP contribution in [0.4, 0.5) is 0 Å². The topological polar surface area (TPSA) is 90.6 Å². The minimum Gasteiger partial charge on any atom is -0.408 e. The first-order chi connectivity index (χ1) is 9.07. The molecular weight excluding hydrogens is 248 g/mol. The molecule has 1 saturated heterocycles. The number of aryl methyl sites for hydroxylation is 1. The first-order valence-corrected chi connectivity index (χ1v) is 6.11. The summed E-state index contributed by atoms with van der Waals surface area (Å²) in [4.78, 5) is 11.4. The number of aromatic nitrogens is 1. The summed E-state index contributed by atoms with van der Waals surface area (Å²) in [6.45, 7) is 0.885. The van der Waals surface area contributed by atoms with Crippen LogP contribution in [0, 0.1) is 5.41 Å². The SMILES string of the molecule is Cn1c(=O)oc2ccc(C(N)C3(CO)COC3)cc21. The van der Waals surface area contributed by atoms with Crippen LogP contribution in [0.15, 0.2) is 27.4 Å². The van der Waals surface area contributed by atoms with Crippen LogP contribution in [0.1, 0.15) is 11.6 Å². The van der Waals surface area contributed by atoms with Crippen molar-refractivity contribution in [3.05, 3.63) is 34.3 Å². The summed E-state index contributed by atoms with van der Waals surface area (Å²) in [5.74, 6) is -0.399. The number of ether oxygens (including phenoxy) is 1. The van der Waals surface area contributed by atoms with E-state index in [0.29, 0.717) is 24.3 Å². The summed E-state index contributed by atoms with van der Waals surface area (Å²) in [5, 5.41) is 9.51. The number of fused-ring (bicyclic) bond motifs is 1. The van der Waals surface area contributed by atoms with Crippen LogP contribution >= 0.6 is 0 Å². The van der Waals surface area contributed by atoms with E-state index >= 15 is 0 Å². The zero-order valence-electron chi connectivity index (χ0n) is 10.6. The van der Waals surface area contributed by atoms with Crippen LogP contribution < -0.4 is 11.5 Å². The van der Waals surface area contributed by atoms with E-state index in [0.717, 1.165) is 5.56 Å². The lowest BCUT2D eigenvalue weighted by atomic mass is 9.76. The fourth-order valence-corrected chi connectivity index (χ4v) is 2.42. The van der Waals surface area contributed by atoms with Crippen LogP contribution in [0.5, 0.6) is 0 Å². The normalized spacial score (nSPS) is 19.3. The van der Waals surface area contributed by atoms with Gasteiger partial charge in [-0.25, -0.2) is 4.79 Å². The van der Waals surface area contributed by atoms with E-state index in [1.807, 2.05) is 12.1 Å². The molecule has 1 aliphatic heterocycles. The minimum absolute atomic E-state index is 0.0173. The highest BCUT2D eigenvalue weighted by Crippen LogP contribution is 2.39. The van der Waals surface area contributed by atoms with Gasteiger partial charge in [-0.3, -0.25) is 4.57 Å². The van der Waals surface area contributed by atoms with Crippen molar-refractivity contribution >= 4 is 11.1 Å². The summed E-state index contributed by atoms with van der Waals surface area (Å²) < 4.78 is 11.7. The summed E-state index contributed by atoms with van der Waals surface area (Å²) in [7, 11) is 1.65. The van der Waals surface area contributed by atoms with Crippen LogP contribution in [-0.4, -0.2) is 29.5 Å². The molecule has 0 radical (unpaired) electrons. The fourth-order valence-electron chi connectivity index (χ4n) is 2.42. The first kappa shape index (κ1) is 12.4. The number of oxazole rings is 1. The molecule has 1 unspecified atom stereocenters. The van der Waals surface area contributed by atoms with Crippen LogP contribution in [0.25, 0.3) is 11.1 Å². The Balaban J connectivity index is 2.05. The van der Waals surface area contributed by atoms with Gasteiger partial charge in [-0.05, 0) is 17.7 Å². The van der Waals surface area contributed by atoms with Crippen molar-refractivity contribution in [2.45, 2.75) is 6.04 Å². The molecular formula is C13H16N2O4. The molecule has 1 aliphatic rings. The molecule has 2 heterocycles. The molecule has 19 heavy (non-hydrogen) atoms. The Labute approximate surface area is 109 Å². The van der Waals surface area contributed by atoms with E-state index < -0.39 is 11.2 Å². The molecule has 6 nitrogen and oxygen atoms in total. The van der Waals surface area contributed by atoms with E-state index in [9.17, 15) is 9.90 Å². The van der Waals surface area contributed by atoms with E-state index in [4.69, 9.17) is 14.9 Å². The summed E-state index contributed by atoms with van der Waals surface area (Å²) in [6.07, 6.45) is 0. The van der Waals surface area contributed by atoms with Crippen molar-refractivity contribution in [3.8, 4) is 0 Å². The Kier molecular flexibility index (Phi) is 2.74. The quantitative estimate of drug-likeness (QED) is 0.823. The standard InChI is InChI=1S/C13H16N2O4/c1-15-9-4-8(2-3-10(9)19-12(15)17)11(14)13(5-16)6-18-7-13/h2-4,11,16H,5-7,14H2,1H3. The van der Waals surface area contributed by atoms with Gasteiger partial charge in [0.05, 0.1) is 30.8 Å². The molecule has 2 aromatic rings. The van der Waals surface area contributed by atoms with Gasteiger partial charge in [0.15, 0.2) is 5.58 Å². The maximum absolute atomic E-state index is 11.4. The van der Waals surface area contributed by atoms with Crippen molar-refractivity contribution in [2.24, 2.45) is 18.2 Å². The third kappa shape index (κ3) is 1.72. The lowest BCUT2D eigenvalue weighted by Crippen LogP contribution is -2.52. The molecule has 6 heteroatoms. The minimum atomic E-state index is -0.420. The molecule has 1 atom stereocenters. The van der Waals surface area contributed by atoms with Crippen molar-refractivity contribution in [1.82, 2.24) is 4.57 Å². The van der Waals surface area contributed by atoms with E-state index in [-0.39, 0.29) is 12.6 Å². The molecule has 0 amide bonds. The average Bonchev–Trinajstić information content (AvgIpc) is 2.64. The number of aliphatic hydroxyl groups excluding tert-OH is 1. The highest BCUT2D eigenvalue weighted by molar-refractivity contribution is 5.73. The summed E-state index contributed by atoms with van der Waals surface area (Å²) in [6, 6.07) is 5.06. The van der Waals surface area contributed by atoms with E-state index in [2.05, 4.69) is 0 Å². The summed E-state index contributed by atoms with van der Waals surface area (Å²) >= 11 is 0. The smallest absolute Gasteiger partial charge is 0.408 e. The predicted octanol–water partition coefficient (Wildman–Crippen LogP) is 0.140. The molecule has 0 aliphatic carbocycles. The molecule has 0 saturated carbocycles. The molecule has 102 valence electrons. The maximum Gasteiger partial charge on any atom is 0.419 e. The van der Waals surface area contributed by atoms with Gasteiger partial charge in [-0.15, -0.1) is 0 Å². The van der Waals surface area contributed by atoms with Gasteiger partial charge in [0, 0.05) is 13.1 Å². The number of nitrogens with two attached hydrogens (primary N) is 1. The second-order valence-electron chi connectivity index (χ2n) is 5.15. The second kappa shape index (κ2) is 4.19. The molecule has 3 N–H and O–H groups in total. The fraction of sp³-hybridized carbons (Fsp3) is 0.462. The number of nitrogens with zero attached hydrogens (tertiary/aromatic N) is 1. The highest BCUT2D eigenvalue weighted by Gasteiger charge is 2.44. The van der Waals surface area contributed by atoms with Crippen LogP contribution in [-0.2, 0) is 11.8 Å². The van der Waals surface area contributed by atoms with Gasteiger partial charge in [-0.2, -0.15) is 0 Å². The van der Waals surface area contributed by atoms with Crippen molar-refractivity contribution in [2.75, 3.05) is 19.8 Å². The van der Waals surface area contributed by atoms with Crippen molar-refractivity contribution in [3.63, 3.8) is 0 Å². The average molecular weight is 264 g/mol. The molecule has 0 spiro atoms. The van der Waals surface area contributed by atoms with Crippen molar-refractivity contribution < 1.29 is 14.3 Å². The Hall–Kier alpha value is -1.63. The lowest BCUT2D eigenvalue weighted by molar-refractivity contribution is -0.150. The lowest BCUT2D eigenvalue weighted by Gasteiger charge is -2.44. The van der Waals surface area contributed by atoms with E-state index in [1.165, 1.54) is 4.57 Å². The molecule has 1 fully saturated rings. The number of hydrogen-bond acceptors (Lipinski definition) is 5. The zero-order chi connectivity index (χ0) is 13.6. The molecule has 1 aromatic heterocycles. The zero-order valence-corrected chi connectivity index (χ0v) is 10.6. The van der Waals surface area contributed by atoms with Gasteiger partial charge in [0.25, 0.3) is 0 Å². The third-order valence-corrected chi connectivity index (χ3v) is 3.93.